The molecular formula is C22H44Si4. The highest BCUT2D eigenvalue weighted by Gasteiger charge is 2.07. The fourth-order valence-corrected chi connectivity index (χ4v) is 3.66. The molecule has 0 unspecified atom stereocenters. The number of hydrogen-bond acceptors (Lipinski definition) is 0. The second-order valence-corrected chi connectivity index (χ2v) is 22.6. The molecule has 0 bridgehead atoms. The summed E-state index contributed by atoms with van der Waals surface area (Å²) in [6.07, 6.45) is 0. The second kappa shape index (κ2) is 16.5. The monoisotopic (exact) mass is 420 g/mol. The minimum Gasteiger partial charge on any atom is -0.0750 e. The SMILES string of the molecule is C[SiH2]C.C[SiH](C)C.C[SiH](c1ccccc1)c1ccccc1.C[Si](C)(C)C. The predicted octanol–water partition coefficient (Wildman–Crippen LogP) is 4.97. The Labute approximate surface area is 171 Å². The Balaban J connectivity index is 0. The molecule has 0 aliphatic heterocycles. The summed E-state index contributed by atoms with van der Waals surface area (Å²) in [6.45, 7) is 23.1. The van der Waals surface area contributed by atoms with Gasteiger partial charge in [0.2, 0.25) is 0 Å². The summed E-state index contributed by atoms with van der Waals surface area (Å²) < 4.78 is 0. The Hall–Kier alpha value is -0.692. The van der Waals surface area contributed by atoms with Gasteiger partial charge in [-0.1, -0.05) is 137 Å². The highest BCUT2D eigenvalue weighted by atomic mass is 28.3. The van der Waals surface area contributed by atoms with Crippen LogP contribution in [0.2, 0.25) is 65.5 Å². The van der Waals surface area contributed by atoms with Crippen molar-refractivity contribution in [2.45, 2.75) is 65.5 Å². The average molecular weight is 421 g/mol. The normalized spacial score (nSPS) is 10.0. The van der Waals surface area contributed by atoms with Crippen molar-refractivity contribution < 1.29 is 0 Å². The largest absolute Gasteiger partial charge is 0.0997 e. The minimum atomic E-state index is -0.919. The Morgan fingerprint density at radius 1 is 0.615 bits per heavy atom. The Bertz CT molecular complexity index is 471. The molecule has 4 heteroatoms. The highest BCUT2D eigenvalue weighted by molar-refractivity contribution is 6.84. The topological polar surface area (TPSA) is 0 Å². The first-order chi connectivity index (χ1) is 12.0. The van der Waals surface area contributed by atoms with Crippen LogP contribution in [0.4, 0.5) is 0 Å². The zero-order valence-electron chi connectivity index (χ0n) is 19.1. The van der Waals surface area contributed by atoms with Gasteiger partial charge in [0, 0.05) is 26.4 Å². The standard InChI is InChI=1S/C13H14Si.C4H12Si.C3H10Si.C2H8Si/c1-14(12-8-4-2-5-9-12)13-10-6-3-7-11-13;1-5(2,3)4;1-4(2)3;1-3-2/h2-11,14H,1H3;1-4H3;4H,1-3H3;3H2,1-2H3. The van der Waals surface area contributed by atoms with Crippen molar-refractivity contribution >= 4 is 45.6 Å². The maximum atomic E-state index is 2.38. The van der Waals surface area contributed by atoms with Crippen molar-refractivity contribution in [3.63, 3.8) is 0 Å². The van der Waals surface area contributed by atoms with Crippen LogP contribution < -0.4 is 10.4 Å². The zero-order chi connectivity index (χ0) is 20.6. The molecule has 0 saturated heterocycles. The van der Waals surface area contributed by atoms with Crippen LogP contribution in [0.1, 0.15) is 0 Å². The van der Waals surface area contributed by atoms with Crippen LogP contribution in [0, 0.1) is 0 Å². The van der Waals surface area contributed by atoms with E-state index in [-0.39, 0.29) is 8.80 Å². The van der Waals surface area contributed by atoms with Gasteiger partial charge < -0.3 is 0 Å². The molecule has 0 aliphatic rings. The molecule has 148 valence electrons. The summed E-state index contributed by atoms with van der Waals surface area (Å²) >= 11 is 0. The fourth-order valence-electron chi connectivity index (χ4n) is 1.68. The van der Waals surface area contributed by atoms with Gasteiger partial charge in [-0.25, -0.2) is 0 Å². The molecule has 2 aromatic rings. The summed E-state index contributed by atoms with van der Waals surface area (Å²) in [5.41, 5.74) is 0. The van der Waals surface area contributed by atoms with E-state index in [0.717, 1.165) is 0 Å². The van der Waals surface area contributed by atoms with Crippen molar-refractivity contribution in [2.24, 2.45) is 0 Å². The minimum absolute atomic E-state index is 0.139. The third kappa shape index (κ3) is 21.4. The van der Waals surface area contributed by atoms with E-state index in [9.17, 15) is 0 Å². The van der Waals surface area contributed by atoms with E-state index in [4.69, 9.17) is 0 Å². The molecule has 0 amide bonds. The highest BCUT2D eigenvalue weighted by Crippen LogP contribution is 1.94. The molecular weight excluding hydrogens is 377 g/mol. The Morgan fingerprint density at radius 3 is 1.00 bits per heavy atom. The van der Waals surface area contributed by atoms with Crippen molar-refractivity contribution in [3.8, 4) is 0 Å². The molecule has 0 nitrogen and oxygen atoms in total. The second-order valence-electron chi connectivity index (χ2n) is 8.98. The summed E-state index contributed by atoms with van der Waals surface area (Å²) in [4.78, 5) is 0. The van der Waals surface area contributed by atoms with Gasteiger partial charge in [-0.2, -0.15) is 0 Å². The summed E-state index contributed by atoms with van der Waals surface area (Å²) in [6, 6.07) is 21.6. The fraction of sp³-hybridized carbons (Fsp3) is 0.455. The summed E-state index contributed by atoms with van der Waals surface area (Å²) in [5.74, 6) is 0. The molecule has 0 N–H and O–H groups in total. The average Bonchev–Trinajstić information content (AvgIpc) is 2.54. The first kappa shape index (κ1) is 27.5. The lowest BCUT2D eigenvalue weighted by Gasteiger charge is -2.09. The van der Waals surface area contributed by atoms with Gasteiger partial charge in [0.05, 0.1) is 8.80 Å². The third-order valence-electron chi connectivity index (χ3n) is 2.60. The van der Waals surface area contributed by atoms with Gasteiger partial charge in [0.15, 0.2) is 0 Å². The Kier molecular flexibility index (Phi) is 17.4. The molecule has 0 heterocycles. The Morgan fingerprint density at radius 2 is 0.808 bits per heavy atom. The van der Waals surface area contributed by atoms with Crippen LogP contribution in [0.5, 0.6) is 0 Å². The van der Waals surface area contributed by atoms with Gasteiger partial charge in [-0.3, -0.25) is 0 Å². The van der Waals surface area contributed by atoms with Crippen LogP contribution in [0.3, 0.4) is 0 Å². The maximum absolute atomic E-state index is 2.38. The lowest BCUT2D eigenvalue weighted by Crippen LogP contribution is -2.38. The molecule has 0 aliphatic carbocycles. The molecule has 0 aromatic heterocycles. The quantitative estimate of drug-likeness (QED) is 0.602. The van der Waals surface area contributed by atoms with Gasteiger partial charge in [0.1, 0.15) is 0 Å². The van der Waals surface area contributed by atoms with E-state index in [2.05, 4.69) is 126 Å². The molecule has 2 aromatic carbocycles. The van der Waals surface area contributed by atoms with E-state index in [1.165, 1.54) is 10.4 Å². The van der Waals surface area contributed by atoms with Crippen LogP contribution >= 0.6 is 0 Å². The van der Waals surface area contributed by atoms with Gasteiger partial charge in [-0.15, -0.1) is 0 Å². The van der Waals surface area contributed by atoms with Gasteiger partial charge in [-0.05, 0) is 0 Å². The molecule has 2 rings (SSSR count). The molecule has 0 radical (unpaired) electrons. The van der Waals surface area contributed by atoms with Crippen molar-refractivity contribution in [2.75, 3.05) is 0 Å². The van der Waals surface area contributed by atoms with Crippen molar-refractivity contribution in [1.29, 1.82) is 0 Å². The lowest BCUT2D eigenvalue weighted by molar-refractivity contribution is 1.71. The number of rotatable bonds is 2. The lowest BCUT2D eigenvalue weighted by atomic mass is 10.4. The maximum Gasteiger partial charge on any atom is 0.0997 e. The van der Waals surface area contributed by atoms with E-state index in [1.807, 2.05) is 0 Å². The molecule has 0 fully saturated rings. The van der Waals surface area contributed by atoms with Crippen molar-refractivity contribution in [1.82, 2.24) is 0 Å². The molecule has 0 spiro atoms. The van der Waals surface area contributed by atoms with E-state index < -0.39 is 16.9 Å². The smallest absolute Gasteiger partial charge is 0.0750 e. The van der Waals surface area contributed by atoms with Crippen LogP contribution in [-0.4, -0.2) is 35.2 Å². The zero-order valence-corrected chi connectivity index (χ0v) is 23.9. The van der Waals surface area contributed by atoms with Crippen LogP contribution in [0.25, 0.3) is 0 Å². The van der Waals surface area contributed by atoms with Crippen molar-refractivity contribution in [3.05, 3.63) is 60.7 Å². The molecule has 26 heavy (non-hydrogen) atoms. The number of hydrogen-bond donors (Lipinski definition) is 0. The number of benzene rings is 2. The van der Waals surface area contributed by atoms with Crippen LogP contribution in [-0.2, 0) is 0 Å². The van der Waals surface area contributed by atoms with Gasteiger partial charge in [0.25, 0.3) is 0 Å². The van der Waals surface area contributed by atoms with E-state index in [1.54, 1.807) is 0 Å². The van der Waals surface area contributed by atoms with E-state index >= 15 is 0 Å². The molecule has 0 saturated carbocycles. The predicted molar refractivity (Wildman–Crippen MR) is 139 cm³/mol. The van der Waals surface area contributed by atoms with E-state index in [0.29, 0.717) is 9.52 Å². The first-order valence-electron chi connectivity index (χ1n) is 10.1. The summed E-state index contributed by atoms with van der Waals surface area (Å²) in [7, 11) is -1.25. The summed E-state index contributed by atoms with van der Waals surface area (Å²) in [5, 5.41) is 3.03. The van der Waals surface area contributed by atoms with Gasteiger partial charge >= 0.3 is 0 Å². The first-order valence-corrected chi connectivity index (χ1v) is 22.7. The molecule has 0 atom stereocenters. The third-order valence-corrected chi connectivity index (χ3v) is 5.37. The van der Waals surface area contributed by atoms with Crippen LogP contribution in [0.15, 0.2) is 60.7 Å².